The Morgan fingerprint density at radius 2 is 1.06 bits per heavy atom. The molecule has 2 rings (SSSR count). The van der Waals surface area contributed by atoms with Gasteiger partial charge in [0.2, 0.25) is 0 Å². The van der Waals surface area contributed by atoms with E-state index >= 15 is 0 Å². The van der Waals surface area contributed by atoms with E-state index in [0.29, 0.717) is 12.2 Å². The quantitative estimate of drug-likeness (QED) is 0.599. The van der Waals surface area contributed by atoms with Crippen molar-refractivity contribution < 1.29 is 9.31 Å². The average Bonchev–Trinajstić information content (AvgIpc) is 2.31. The molecule has 0 heterocycles. The molecule has 2 aliphatic carbocycles. The smallest absolute Gasteiger partial charge is 0.399 e. The van der Waals surface area contributed by atoms with E-state index in [-0.39, 0.29) is 6.40 Å². The summed E-state index contributed by atoms with van der Waals surface area (Å²) in [5.74, 6) is 0. The van der Waals surface area contributed by atoms with Gasteiger partial charge < -0.3 is 9.31 Å². The van der Waals surface area contributed by atoms with Crippen molar-refractivity contribution in [1.82, 2.24) is 0 Å². The predicted molar refractivity (Wildman–Crippen MR) is 70.7 cm³/mol. The van der Waals surface area contributed by atoms with Gasteiger partial charge in [-0.25, -0.2) is 0 Å². The zero-order valence-electron chi connectivity index (χ0n) is 10.1. The van der Waals surface area contributed by atoms with Gasteiger partial charge >= 0.3 is 6.40 Å². The van der Waals surface area contributed by atoms with Crippen LogP contribution in [0.3, 0.4) is 0 Å². The molecule has 0 aromatic rings. The van der Waals surface area contributed by atoms with Crippen molar-refractivity contribution in [2.75, 3.05) is 0 Å². The van der Waals surface area contributed by atoms with Crippen molar-refractivity contribution >= 4 is 18.9 Å². The van der Waals surface area contributed by atoms with Gasteiger partial charge in [-0.2, -0.15) is 12.5 Å². The second-order valence-electron chi connectivity index (χ2n) is 5.10. The van der Waals surface area contributed by atoms with Crippen LogP contribution >= 0.6 is 12.5 Å². The molecule has 4 heteroatoms. The Kier molecular flexibility index (Phi) is 5.53. The fourth-order valence-electron chi connectivity index (χ4n) is 2.76. The molecule has 0 aromatic carbocycles. The first kappa shape index (κ1) is 12.8. The molecule has 0 radical (unpaired) electrons. The van der Waals surface area contributed by atoms with Gasteiger partial charge in [-0.05, 0) is 25.7 Å². The SMILES string of the molecule is SB(OC1CCCCC1)OC1CCCCC1. The van der Waals surface area contributed by atoms with E-state index < -0.39 is 0 Å². The highest BCUT2D eigenvalue weighted by molar-refractivity contribution is 8.08. The maximum Gasteiger partial charge on any atom is 0.528 e. The molecule has 2 aliphatic rings. The number of rotatable bonds is 4. The Morgan fingerprint density at radius 3 is 1.44 bits per heavy atom. The molecular weight excluding hydrogens is 219 g/mol. The zero-order valence-corrected chi connectivity index (χ0v) is 11.0. The zero-order chi connectivity index (χ0) is 11.2. The van der Waals surface area contributed by atoms with Crippen LogP contribution in [-0.2, 0) is 9.31 Å². The Labute approximate surface area is 105 Å². The summed E-state index contributed by atoms with van der Waals surface area (Å²) in [7, 11) is 0. The van der Waals surface area contributed by atoms with Crippen molar-refractivity contribution in [3.63, 3.8) is 0 Å². The van der Waals surface area contributed by atoms with Crippen LogP contribution in [0.1, 0.15) is 64.2 Å². The van der Waals surface area contributed by atoms with Crippen LogP contribution in [-0.4, -0.2) is 18.6 Å². The molecule has 2 nitrogen and oxygen atoms in total. The Balaban J connectivity index is 1.64. The molecule has 0 aliphatic heterocycles. The lowest BCUT2D eigenvalue weighted by molar-refractivity contribution is 0.0780. The van der Waals surface area contributed by atoms with Crippen molar-refractivity contribution in [3.05, 3.63) is 0 Å². The van der Waals surface area contributed by atoms with Crippen molar-refractivity contribution in [2.45, 2.75) is 76.4 Å². The topological polar surface area (TPSA) is 18.5 Å². The van der Waals surface area contributed by atoms with E-state index in [1.165, 1.54) is 64.2 Å². The van der Waals surface area contributed by atoms with Gasteiger partial charge in [0.05, 0.1) is 0 Å². The second kappa shape index (κ2) is 6.92. The summed E-state index contributed by atoms with van der Waals surface area (Å²) in [6.07, 6.45) is 13.1. The first-order chi connectivity index (χ1) is 7.84. The van der Waals surface area contributed by atoms with Crippen LogP contribution in [0.4, 0.5) is 0 Å². The van der Waals surface area contributed by atoms with Crippen LogP contribution in [0, 0.1) is 0 Å². The monoisotopic (exact) mass is 242 g/mol. The fourth-order valence-corrected chi connectivity index (χ4v) is 3.11. The number of hydrogen-bond acceptors (Lipinski definition) is 3. The summed E-state index contributed by atoms with van der Waals surface area (Å²) in [5, 5.41) is 0. The lowest BCUT2D eigenvalue weighted by Gasteiger charge is -2.27. The van der Waals surface area contributed by atoms with Gasteiger partial charge in [0, 0.05) is 12.2 Å². The van der Waals surface area contributed by atoms with E-state index in [9.17, 15) is 0 Å². The summed E-state index contributed by atoms with van der Waals surface area (Å²) in [4.78, 5) is 0. The highest BCUT2D eigenvalue weighted by atomic mass is 32.1. The molecule has 0 spiro atoms. The van der Waals surface area contributed by atoms with Gasteiger partial charge in [0.25, 0.3) is 0 Å². The summed E-state index contributed by atoms with van der Waals surface area (Å²) < 4.78 is 11.7. The maximum atomic E-state index is 5.84. The van der Waals surface area contributed by atoms with E-state index in [1.807, 2.05) is 0 Å². The Morgan fingerprint density at radius 1 is 0.688 bits per heavy atom. The van der Waals surface area contributed by atoms with E-state index in [1.54, 1.807) is 0 Å². The minimum Gasteiger partial charge on any atom is -0.399 e. The van der Waals surface area contributed by atoms with Gasteiger partial charge in [-0.1, -0.05) is 38.5 Å². The highest BCUT2D eigenvalue weighted by Gasteiger charge is 2.25. The maximum absolute atomic E-state index is 5.84. The van der Waals surface area contributed by atoms with Crippen molar-refractivity contribution in [1.29, 1.82) is 0 Å². The van der Waals surface area contributed by atoms with Crippen LogP contribution in [0.5, 0.6) is 0 Å². The third kappa shape index (κ3) is 4.30. The summed E-state index contributed by atoms with van der Waals surface area (Å²) in [6, 6.07) is 0. The lowest BCUT2D eigenvalue weighted by Crippen LogP contribution is -2.31. The number of thiol groups is 1. The van der Waals surface area contributed by atoms with Crippen LogP contribution < -0.4 is 0 Å². The fraction of sp³-hybridized carbons (Fsp3) is 1.00. The summed E-state index contributed by atoms with van der Waals surface area (Å²) in [5.41, 5.74) is 0. The molecule has 2 fully saturated rings. The van der Waals surface area contributed by atoms with Crippen LogP contribution in [0.15, 0.2) is 0 Å². The minimum atomic E-state index is -0.300. The summed E-state index contributed by atoms with van der Waals surface area (Å²) >= 11 is 4.41. The van der Waals surface area contributed by atoms with Gasteiger partial charge in [-0.15, -0.1) is 0 Å². The molecule has 92 valence electrons. The lowest BCUT2D eigenvalue weighted by atomic mass is 9.96. The minimum absolute atomic E-state index is 0.300. The average molecular weight is 242 g/mol. The van der Waals surface area contributed by atoms with E-state index in [4.69, 9.17) is 9.31 Å². The standard InChI is InChI=1S/C12H23BO2S/c16-13(14-11-7-3-1-4-8-11)15-12-9-5-2-6-10-12/h11-12,16H,1-10H2. The molecule has 0 N–H and O–H groups in total. The highest BCUT2D eigenvalue weighted by Crippen LogP contribution is 2.24. The van der Waals surface area contributed by atoms with Gasteiger partial charge in [0.1, 0.15) is 0 Å². The molecule has 0 bridgehead atoms. The van der Waals surface area contributed by atoms with Crippen molar-refractivity contribution in [2.24, 2.45) is 0 Å². The predicted octanol–water partition coefficient (Wildman–Crippen LogP) is 3.60. The number of hydrogen-bond donors (Lipinski definition) is 1. The van der Waals surface area contributed by atoms with Crippen LogP contribution in [0.2, 0.25) is 0 Å². The molecular formula is C12H23BO2S. The normalized spacial score (nSPS) is 24.6. The summed E-state index contributed by atoms with van der Waals surface area (Å²) in [6.45, 7) is 0. The third-order valence-electron chi connectivity index (χ3n) is 3.72. The van der Waals surface area contributed by atoms with Gasteiger partial charge in [0.15, 0.2) is 0 Å². The first-order valence-corrected chi connectivity index (χ1v) is 7.35. The van der Waals surface area contributed by atoms with E-state index in [2.05, 4.69) is 12.5 Å². The molecule has 0 amide bonds. The molecule has 0 atom stereocenters. The molecule has 0 unspecified atom stereocenters. The van der Waals surface area contributed by atoms with Crippen LogP contribution in [0.25, 0.3) is 0 Å². The molecule has 16 heavy (non-hydrogen) atoms. The Hall–Kier alpha value is 0.335. The van der Waals surface area contributed by atoms with Gasteiger partial charge in [-0.3, -0.25) is 0 Å². The largest absolute Gasteiger partial charge is 0.528 e. The molecule has 2 saturated carbocycles. The third-order valence-corrected chi connectivity index (χ3v) is 3.97. The van der Waals surface area contributed by atoms with Crippen molar-refractivity contribution in [3.8, 4) is 0 Å². The molecule has 0 saturated heterocycles. The Bertz CT molecular complexity index is 171. The molecule has 0 aromatic heterocycles. The second-order valence-corrected chi connectivity index (χ2v) is 5.52. The van der Waals surface area contributed by atoms with E-state index in [0.717, 1.165) is 0 Å². The first-order valence-electron chi connectivity index (χ1n) is 6.83.